The average molecular weight is 673 g/mol. The van der Waals surface area contributed by atoms with Crippen LogP contribution < -0.4 is 0 Å². The Balaban J connectivity index is 0.000000442. The van der Waals surface area contributed by atoms with Gasteiger partial charge in [0.05, 0.1) is 0 Å². The Hall–Kier alpha value is -0.456. The van der Waals surface area contributed by atoms with Crippen molar-refractivity contribution >= 4 is 0 Å². The van der Waals surface area contributed by atoms with Crippen LogP contribution in [0.5, 0.6) is 0 Å². The van der Waals surface area contributed by atoms with Crippen LogP contribution in [-0.4, -0.2) is 0 Å². The van der Waals surface area contributed by atoms with Crippen molar-refractivity contribution in [1.82, 2.24) is 0 Å². The molecule has 1 heteroatoms. The van der Waals surface area contributed by atoms with Gasteiger partial charge in [-0.2, -0.15) is 17.8 Å². The van der Waals surface area contributed by atoms with E-state index in [2.05, 4.69) is 54.4 Å². The normalized spacial score (nSPS) is 36.9. The summed E-state index contributed by atoms with van der Waals surface area (Å²) in [5.41, 5.74) is 7.17. The summed E-state index contributed by atoms with van der Waals surface area (Å²) in [6, 6.07) is 19.7. The first kappa shape index (κ1) is 38.0. The molecule has 0 aliphatic heterocycles. The molecule has 10 atom stereocenters. The molecule has 0 nitrogen and oxygen atoms in total. The molecule has 0 heterocycles. The fourth-order valence-corrected chi connectivity index (χ4v) is 11.9. The molecule has 0 saturated heterocycles. The molecular formula is C43H67Y-. The van der Waals surface area contributed by atoms with Crippen LogP contribution in [0.1, 0.15) is 173 Å². The van der Waals surface area contributed by atoms with Gasteiger partial charge in [-0.15, -0.1) is 0 Å². The van der Waals surface area contributed by atoms with Gasteiger partial charge in [-0.1, -0.05) is 193 Å². The summed E-state index contributed by atoms with van der Waals surface area (Å²) >= 11 is 0. The SMILES string of the molecule is CC.CC.CC.CC.CC.[Y].c1ccc2c(c1)C1CC3c4ccccc4C4C5CCCCC5[C-]5C6CCCCC6C2C1C5C34. The zero-order valence-electron chi connectivity index (χ0n) is 30.4. The molecule has 0 N–H and O–H groups in total. The molecule has 5 fully saturated rings. The second-order valence-corrected chi connectivity index (χ2v) is 13.0. The van der Waals surface area contributed by atoms with Gasteiger partial charge in [-0.25, -0.2) is 0 Å². The minimum atomic E-state index is 0. The van der Waals surface area contributed by atoms with E-state index >= 15 is 0 Å². The summed E-state index contributed by atoms with van der Waals surface area (Å²) in [5.74, 6) is 12.2. The second kappa shape index (κ2) is 17.6. The second-order valence-electron chi connectivity index (χ2n) is 13.0. The summed E-state index contributed by atoms with van der Waals surface area (Å²) in [6.07, 6.45) is 13.5. The van der Waals surface area contributed by atoms with E-state index in [0.717, 1.165) is 65.1 Å². The van der Waals surface area contributed by atoms with Crippen LogP contribution >= 0.6 is 0 Å². The number of rotatable bonds is 0. The minimum Gasteiger partial charge on any atom is -0.303 e. The molecule has 7 aliphatic carbocycles. The standard InChI is InChI=1S/C33H37.5C2H6.Y/c1-3-11-20-18(9-1)26-17-27-19-10-2-4-12-21(19)29-23-14-6-8-16-25(23)30-24-15-7-5-13-22(24)28(20)31(26)33(30)32(27)29;5*1-2;/h1-4,9-12,22-29,31-33H,5-8,13-17H2;5*1-2H3;/q-1;;;;;;. The molecule has 44 heavy (non-hydrogen) atoms. The van der Waals surface area contributed by atoms with Crippen molar-refractivity contribution in [3.05, 3.63) is 76.7 Å². The van der Waals surface area contributed by atoms with Gasteiger partial charge in [0.15, 0.2) is 0 Å². The van der Waals surface area contributed by atoms with Gasteiger partial charge < -0.3 is 5.92 Å². The van der Waals surface area contributed by atoms with Gasteiger partial charge in [0.25, 0.3) is 0 Å². The molecule has 243 valence electrons. The molecule has 5 saturated carbocycles. The number of hydrogen-bond donors (Lipinski definition) is 0. The largest absolute Gasteiger partial charge is 0.303 e. The molecule has 0 spiro atoms. The third-order valence-electron chi connectivity index (χ3n) is 12.4. The summed E-state index contributed by atoms with van der Waals surface area (Å²) in [7, 11) is 0. The summed E-state index contributed by atoms with van der Waals surface area (Å²) in [4.78, 5) is 0. The van der Waals surface area contributed by atoms with Crippen molar-refractivity contribution < 1.29 is 32.7 Å². The number of hydrogen-bond acceptors (Lipinski definition) is 0. The van der Waals surface area contributed by atoms with E-state index in [4.69, 9.17) is 0 Å². The third kappa shape index (κ3) is 5.90. The van der Waals surface area contributed by atoms with Crippen LogP contribution in [0.3, 0.4) is 0 Å². The summed E-state index contributed by atoms with van der Waals surface area (Å²) in [6.45, 7) is 20.0. The molecule has 1 radical (unpaired) electrons. The summed E-state index contributed by atoms with van der Waals surface area (Å²) < 4.78 is 0. The van der Waals surface area contributed by atoms with Crippen molar-refractivity contribution in [2.24, 2.45) is 41.4 Å². The van der Waals surface area contributed by atoms with Gasteiger partial charge >= 0.3 is 0 Å². The molecule has 10 unspecified atom stereocenters. The van der Waals surface area contributed by atoms with Gasteiger partial charge in [0, 0.05) is 32.7 Å². The molecule has 0 bridgehead atoms. The first-order valence-corrected chi connectivity index (χ1v) is 19.5. The number of fused-ring (bicyclic) bond motifs is 12. The van der Waals surface area contributed by atoms with E-state index in [9.17, 15) is 0 Å². The average Bonchev–Trinajstić information content (AvgIpc) is 3.64. The molecule has 9 rings (SSSR count). The van der Waals surface area contributed by atoms with E-state index in [-0.39, 0.29) is 32.7 Å². The minimum absolute atomic E-state index is 0. The van der Waals surface area contributed by atoms with Crippen molar-refractivity contribution in [1.29, 1.82) is 0 Å². The maximum absolute atomic E-state index is 2.57. The van der Waals surface area contributed by atoms with E-state index in [1.54, 1.807) is 22.3 Å². The van der Waals surface area contributed by atoms with Gasteiger partial charge in [0.2, 0.25) is 0 Å². The fraction of sp³-hybridized carbons (Fsp3) is 0.698. The fourth-order valence-electron chi connectivity index (χ4n) is 11.9. The molecular weight excluding hydrogens is 605 g/mol. The van der Waals surface area contributed by atoms with E-state index in [0.29, 0.717) is 0 Å². The first-order valence-electron chi connectivity index (χ1n) is 19.5. The summed E-state index contributed by atoms with van der Waals surface area (Å²) in [5, 5.41) is 0. The predicted molar refractivity (Wildman–Crippen MR) is 190 cm³/mol. The Morgan fingerprint density at radius 3 is 1.20 bits per heavy atom. The van der Waals surface area contributed by atoms with Crippen LogP contribution in [0.15, 0.2) is 48.5 Å². The quantitative estimate of drug-likeness (QED) is 0.244. The molecule has 0 amide bonds. The van der Waals surface area contributed by atoms with E-state index in [1.807, 2.05) is 69.2 Å². The monoisotopic (exact) mass is 672 g/mol. The van der Waals surface area contributed by atoms with Crippen LogP contribution in [0.2, 0.25) is 0 Å². The Morgan fingerprint density at radius 1 is 0.477 bits per heavy atom. The Bertz CT molecular complexity index is 1030. The van der Waals surface area contributed by atoms with Gasteiger partial charge in [-0.05, 0) is 52.3 Å². The third-order valence-corrected chi connectivity index (χ3v) is 12.4. The smallest absolute Gasteiger partial charge is 0 e. The predicted octanol–water partition coefficient (Wildman–Crippen LogP) is 13.3. The van der Waals surface area contributed by atoms with Gasteiger partial charge in [0.1, 0.15) is 0 Å². The van der Waals surface area contributed by atoms with Crippen molar-refractivity contribution in [3.8, 4) is 0 Å². The van der Waals surface area contributed by atoms with Crippen LogP contribution in [0, 0.1) is 47.3 Å². The van der Waals surface area contributed by atoms with Crippen LogP contribution in [0.4, 0.5) is 0 Å². The molecule has 7 aliphatic rings. The van der Waals surface area contributed by atoms with Crippen LogP contribution in [-0.2, 0) is 32.7 Å². The topological polar surface area (TPSA) is 0 Å². The Labute approximate surface area is 299 Å². The Morgan fingerprint density at radius 2 is 0.818 bits per heavy atom. The maximum Gasteiger partial charge on any atom is 0 e. The Kier molecular flexibility index (Phi) is 15.2. The maximum atomic E-state index is 2.57. The molecule has 2 aromatic rings. The van der Waals surface area contributed by atoms with Gasteiger partial charge in [-0.3, -0.25) is 0 Å². The van der Waals surface area contributed by atoms with E-state index in [1.165, 1.54) is 57.8 Å². The number of benzene rings is 2. The molecule has 2 aromatic carbocycles. The molecule has 0 aromatic heterocycles. The van der Waals surface area contributed by atoms with E-state index < -0.39 is 0 Å². The van der Waals surface area contributed by atoms with Crippen molar-refractivity contribution in [2.75, 3.05) is 0 Å². The first-order chi connectivity index (χ1) is 21.4. The van der Waals surface area contributed by atoms with Crippen molar-refractivity contribution in [2.45, 2.75) is 151 Å². The van der Waals surface area contributed by atoms with Crippen molar-refractivity contribution in [3.63, 3.8) is 0 Å². The van der Waals surface area contributed by atoms with Crippen LogP contribution in [0.25, 0.3) is 0 Å². The zero-order valence-corrected chi connectivity index (χ0v) is 33.2. The zero-order chi connectivity index (χ0) is 31.3.